The summed E-state index contributed by atoms with van der Waals surface area (Å²) in [5.41, 5.74) is 5.37. The van der Waals surface area contributed by atoms with Crippen LogP contribution >= 0.6 is 42.4 Å². The second-order valence-corrected chi connectivity index (χ2v) is 19.7. The van der Waals surface area contributed by atoms with Gasteiger partial charge in [0, 0.05) is 0 Å². The van der Waals surface area contributed by atoms with Crippen LogP contribution in [-0.4, -0.2) is 27.6 Å². The molecule has 13 heavy (non-hydrogen) atoms. The van der Waals surface area contributed by atoms with Crippen molar-refractivity contribution in [1.29, 1.82) is 0 Å². The predicted octanol–water partition coefficient (Wildman–Crippen LogP) is 2.26. The minimum absolute atomic E-state index is 0. The first-order chi connectivity index (χ1) is 5.10. The maximum atomic E-state index is 10.5. The molecule has 0 radical (unpaired) electrons. The molecule has 1 atom stereocenters. The van der Waals surface area contributed by atoms with Crippen LogP contribution in [0.15, 0.2) is 0 Å². The number of hydrogen-bond acceptors (Lipinski definition) is 2. The fourth-order valence-electron chi connectivity index (χ4n) is 0.485. The van der Waals surface area contributed by atoms with Gasteiger partial charge in [-0.2, -0.15) is 0 Å². The number of hydrogen-bond donors (Lipinski definition) is 2. The maximum absolute atomic E-state index is 10.5. The van der Waals surface area contributed by atoms with Crippen LogP contribution in [0.25, 0.3) is 0 Å². The van der Waals surface area contributed by atoms with Crippen molar-refractivity contribution in [3.63, 3.8) is 0 Å². The van der Waals surface area contributed by atoms with Crippen LogP contribution < -0.4 is 5.73 Å². The molecule has 3 N–H and O–H groups in total. The molecule has 0 saturated heterocycles. The first-order valence-corrected chi connectivity index (χ1v) is 12.5. The Morgan fingerprint density at radius 1 is 1.46 bits per heavy atom. The molecular weight excluding hydrogens is 320 g/mol. The van der Waals surface area contributed by atoms with Crippen molar-refractivity contribution in [2.24, 2.45) is 5.73 Å². The average Bonchev–Trinajstić information content (AvgIpc) is 1.83. The van der Waals surface area contributed by atoms with Crippen molar-refractivity contribution in [1.82, 2.24) is 0 Å². The third-order valence-electron chi connectivity index (χ3n) is 1.77. The summed E-state index contributed by atoms with van der Waals surface area (Å²) in [5, 5.41) is 8.61. The van der Waals surface area contributed by atoms with Crippen molar-refractivity contribution in [3.8, 4) is 0 Å². The summed E-state index contributed by atoms with van der Waals surface area (Å²) in [7, 11) is 13.6. The minimum atomic E-state index is -3.59. The van der Waals surface area contributed by atoms with Crippen molar-refractivity contribution in [2.45, 2.75) is 24.1 Å². The number of carbonyl (C=O) groups is 1. The van der Waals surface area contributed by atoms with Crippen molar-refractivity contribution < 1.29 is 9.90 Å². The Labute approximate surface area is 98.2 Å². The molecule has 0 saturated carbocycles. The average molecular weight is 332 g/mol. The minimum Gasteiger partial charge on any atom is -0.147 e. The number of carboxylic acid groups (broad SMARTS) is 1. The molecule has 0 heterocycles. The first kappa shape index (κ1) is 16.6. The molecule has 0 aliphatic heterocycles. The molecule has 0 aliphatic carbocycles. The van der Waals surface area contributed by atoms with E-state index in [4.69, 9.17) is 40.9 Å². The van der Waals surface area contributed by atoms with Gasteiger partial charge in [-0.1, -0.05) is 0 Å². The molecule has 80 valence electrons. The van der Waals surface area contributed by atoms with Crippen LogP contribution in [-0.2, 0) is 4.79 Å². The van der Waals surface area contributed by atoms with Crippen LogP contribution in [0.2, 0.25) is 4.25 Å². The van der Waals surface area contributed by atoms with Gasteiger partial charge < -0.3 is 0 Å². The van der Waals surface area contributed by atoms with Crippen molar-refractivity contribution >= 4 is 58.9 Å². The standard InChI is InChI=1S/C5H10Cl3GeNO2.ClH/c1-5(2,9(6,7)8)3(10)4(11)12;/h3H,10H2,1-2H3,(H,11,12);1H. The van der Waals surface area contributed by atoms with Gasteiger partial charge in [0.1, 0.15) is 0 Å². The first-order valence-electron chi connectivity index (χ1n) is 3.16. The van der Waals surface area contributed by atoms with Gasteiger partial charge in [0.15, 0.2) is 0 Å². The summed E-state index contributed by atoms with van der Waals surface area (Å²) in [4.78, 5) is 10.5. The van der Waals surface area contributed by atoms with Gasteiger partial charge in [-0.25, -0.2) is 0 Å². The summed E-state index contributed by atoms with van der Waals surface area (Å²) in [6, 6.07) is -1.12. The van der Waals surface area contributed by atoms with Gasteiger partial charge in [-0.3, -0.25) is 0 Å². The number of aliphatic carboxylic acids is 1. The SMILES string of the molecule is C[C](C)(C(N)C(=O)O)[Ge]([Cl])([Cl])[Cl].Cl. The molecule has 0 bridgehead atoms. The number of rotatable bonds is 3. The quantitative estimate of drug-likeness (QED) is 0.780. The van der Waals surface area contributed by atoms with E-state index in [1.54, 1.807) is 13.8 Å². The summed E-state index contributed by atoms with van der Waals surface area (Å²) in [6.45, 7) is 3.14. The second-order valence-electron chi connectivity index (χ2n) is 3.04. The van der Waals surface area contributed by atoms with E-state index >= 15 is 0 Å². The van der Waals surface area contributed by atoms with Gasteiger partial charge >= 0.3 is 86.2 Å². The molecule has 8 heteroatoms. The Bertz CT molecular complexity index is 193. The van der Waals surface area contributed by atoms with E-state index in [0.29, 0.717) is 0 Å². The van der Waals surface area contributed by atoms with Gasteiger partial charge in [0.05, 0.1) is 0 Å². The summed E-state index contributed by atoms with van der Waals surface area (Å²) < 4.78 is -0.920. The molecule has 0 aliphatic rings. The second kappa shape index (κ2) is 5.28. The van der Waals surface area contributed by atoms with E-state index in [1.165, 1.54) is 0 Å². The van der Waals surface area contributed by atoms with Crippen LogP contribution in [0.5, 0.6) is 0 Å². The number of nitrogens with two attached hydrogens (primary N) is 1. The van der Waals surface area contributed by atoms with Crippen molar-refractivity contribution in [3.05, 3.63) is 0 Å². The third kappa shape index (κ3) is 4.02. The zero-order valence-electron chi connectivity index (χ0n) is 7.05. The van der Waals surface area contributed by atoms with E-state index < -0.39 is 26.7 Å². The van der Waals surface area contributed by atoms with E-state index in [2.05, 4.69) is 0 Å². The van der Waals surface area contributed by atoms with Crippen LogP contribution in [0.4, 0.5) is 0 Å². The number of carboxylic acids is 1. The Morgan fingerprint density at radius 2 is 1.77 bits per heavy atom. The van der Waals surface area contributed by atoms with E-state index in [-0.39, 0.29) is 12.4 Å². The smallest absolute Gasteiger partial charge is 0.147 e. The monoisotopic (exact) mass is 331 g/mol. The van der Waals surface area contributed by atoms with Crippen LogP contribution in [0.1, 0.15) is 13.8 Å². The molecule has 0 aromatic heterocycles. The molecule has 0 fully saturated rings. The van der Waals surface area contributed by atoms with Crippen molar-refractivity contribution in [2.75, 3.05) is 0 Å². The topological polar surface area (TPSA) is 63.3 Å². The summed E-state index contributed by atoms with van der Waals surface area (Å²) in [6.07, 6.45) is 0. The Morgan fingerprint density at radius 3 is 1.85 bits per heavy atom. The normalized spacial score (nSPS) is 14.6. The zero-order chi connectivity index (χ0) is 10.2. The Kier molecular flexibility index (Phi) is 6.73. The third-order valence-corrected chi connectivity index (χ3v) is 13.1. The fourth-order valence-corrected chi connectivity index (χ4v) is 3.32. The molecule has 0 amide bonds. The van der Waals surface area contributed by atoms with E-state index in [9.17, 15) is 4.79 Å². The van der Waals surface area contributed by atoms with Crippen LogP contribution in [0, 0.1) is 0 Å². The maximum Gasteiger partial charge on any atom is -0.147 e. The Hall–Kier alpha value is 1.13. The molecule has 3 nitrogen and oxygen atoms in total. The molecular formula is C5H11Cl4GeNO2. The van der Waals surface area contributed by atoms with E-state index in [1.807, 2.05) is 0 Å². The zero-order valence-corrected chi connectivity index (χ0v) is 12.2. The number of halogens is 4. The predicted molar refractivity (Wildman–Crippen MR) is 60.2 cm³/mol. The summed E-state index contributed by atoms with van der Waals surface area (Å²) >= 11 is 0. The molecule has 0 rings (SSSR count). The Balaban J connectivity index is 0. The molecule has 0 aromatic carbocycles. The molecule has 0 spiro atoms. The summed E-state index contributed by atoms with van der Waals surface area (Å²) in [5.74, 6) is -1.14. The molecule has 1 unspecified atom stereocenters. The van der Waals surface area contributed by atoms with Gasteiger partial charge in [0.25, 0.3) is 0 Å². The molecule has 0 aromatic rings. The largest absolute Gasteiger partial charge is 0.147 e. The van der Waals surface area contributed by atoms with Gasteiger partial charge in [0.2, 0.25) is 0 Å². The van der Waals surface area contributed by atoms with Gasteiger partial charge in [-0.15, -0.1) is 12.4 Å². The van der Waals surface area contributed by atoms with E-state index in [0.717, 1.165) is 0 Å². The van der Waals surface area contributed by atoms with Crippen LogP contribution in [0.3, 0.4) is 0 Å². The van der Waals surface area contributed by atoms with Gasteiger partial charge in [-0.05, 0) is 0 Å². The fraction of sp³-hybridized carbons (Fsp3) is 0.800.